The predicted octanol–water partition coefficient (Wildman–Crippen LogP) is 6.70. The fraction of sp³-hybridized carbons (Fsp3) is 0.138. The molecule has 0 saturated heterocycles. The highest BCUT2D eigenvalue weighted by molar-refractivity contribution is 5.98. The molecule has 37 heavy (non-hydrogen) atoms. The second kappa shape index (κ2) is 9.91. The van der Waals surface area contributed by atoms with E-state index in [-0.39, 0.29) is 5.82 Å². The van der Waals surface area contributed by atoms with E-state index in [1.165, 1.54) is 12.1 Å². The number of benzene rings is 2. The van der Waals surface area contributed by atoms with Gasteiger partial charge in [0.2, 0.25) is 0 Å². The molecule has 5 aromatic rings. The minimum atomic E-state index is -0.396. The number of rotatable bonds is 7. The Labute approximate surface area is 212 Å². The molecular formula is C29H26F2N6. The highest BCUT2D eigenvalue weighted by Crippen LogP contribution is 2.35. The second-order valence-corrected chi connectivity index (χ2v) is 8.73. The lowest BCUT2D eigenvalue weighted by molar-refractivity contribution is 0.624. The van der Waals surface area contributed by atoms with E-state index in [0.717, 1.165) is 16.7 Å². The average molecular weight is 497 g/mol. The molecule has 186 valence electrons. The quantitative estimate of drug-likeness (QED) is 0.219. The zero-order valence-corrected chi connectivity index (χ0v) is 20.8. The number of pyridine rings is 1. The number of imidazole rings is 1. The van der Waals surface area contributed by atoms with Crippen molar-refractivity contribution in [2.45, 2.75) is 20.4 Å². The van der Waals surface area contributed by atoms with Crippen LogP contribution in [0.4, 0.5) is 8.78 Å². The number of fused-ring (bicyclic) bond motifs is 2. The third kappa shape index (κ3) is 4.36. The van der Waals surface area contributed by atoms with Crippen molar-refractivity contribution >= 4 is 27.5 Å². The van der Waals surface area contributed by atoms with Gasteiger partial charge in [-0.2, -0.15) is 5.10 Å². The molecule has 0 radical (unpaired) electrons. The fourth-order valence-corrected chi connectivity index (χ4v) is 4.67. The first kappa shape index (κ1) is 24.3. The summed E-state index contributed by atoms with van der Waals surface area (Å²) in [5.41, 5.74) is 6.19. The van der Waals surface area contributed by atoms with Gasteiger partial charge in [-0.15, -0.1) is 0 Å². The first-order valence-corrected chi connectivity index (χ1v) is 11.9. The molecule has 0 fully saturated rings. The molecule has 0 aliphatic carbocycles. The first-order chi connectivity index (χ1) is 17.9. The molecule has 0 spiro atoms. The summed E-state index contributed by atoms with van der Waals surface area (Å²) < 4.78 is 30.4. The predicted molar refractivity (Wildman–Crippen MR) is 145 cm³/mol. The minimum absolute atomic E-state index is 0.332. The summed E-state index contributed by atoms with van der Waals surface area (Å²) in [5, 5.41) is 10.7. The van der Waals surface area contributed by atoms with E-state index >= 15 is 4.39 Å². The van der Waals surface area contributed by atoms with Crippen LogP contribution in [-0.2, 0) is 6.54 Å². The zero-order chi connectivity index (χ0) is 26.1. The number of nitrogens with one attached hydrogen (secondary N) is 3. The standard InChI is InChI=1S/C29H26F2N6/c1-5-7-16(3)20(6-2)21-8-9-22-24(25(21)31)28(37-36-22)29-34-23-10-11-33-26(27(23)35-29)18-12-17(15-32-4)13-19(30)14-18/h5-14,32H,1,15H2,2-4H3,(H,34,35)(H,36,37)/b16-7-,20-6+. The molecule has 3 aromatic heterocycles. The van der Waals surface area contributed by atoms with Crippen LogP contribution in [0.3, 0.4) is 0 Å². The van der Waals surface area contributed by atoms with E-state index in [9.17, 15) is 4.39 Å². The van der Waals surface area contributed by atoms with E-state index < -0.39 is 5.82 Å². The smallest absolute Gasteiger partial charge is 0.159 e. The Morgan fingerprint density at radius 2 is 1.95 bits per heavy atom. The summed E-state index contributed by atoms with van der Waals surface area (Å²) in [6.07, 6.45) is 7.03. The van der Waals surface area contributed by atoms with Crippen molar-refractivity contribution in [1.29, 1.82) is 0 Å². The third-order valence-electron chi connectivity index (χ3n) is 6.28. The molecule has 8 heteroatoms. The maximum absolute atomic E-state index is 16.0. The molecule has 0 bridgehead atoms. The fourth-order valence-electron chi connectivity index (χ4n) is 4.67. The van der Waals surface area contributed by atoms with Gasteiger partial charge in [0.25, 0.3) is 0 Å². The topological polar surface area (TPSA) is 82.3 Å². The molecule has 3 N–H and O–H groups in total. The monoisotopic (exact) mass is 496 g/mol. The summed E-state index contributed by atoms with van der Waals surface area (Å²) >= 11 is 0. The van der Waals surface area contributed by atoms with Crippen LogP contribution >= 0.6 is 0 Å². The number of H-pyrrole nitrogens is 2. The Balaban J connectivity index is 1.67. The van der Waals surface area contributed by atoms with E-state index in [1.54, 1.807) is 37.5 Å². The first-order valence-electron chi connectivity index (χ1n) is 11.9. The molecule has 0 amide bonds. The van der Waals surface area contributed by atoms with Crippen LogP contribution in [0.15, 0.2) is 73.0 Å². The Kier molecular flexibility index (Phi) is 6.50. The minimum Gasteiger partial charge on any atom is -0.336 e. The van der Waals surface area contributed by atoms with Crippen molar-refractivity contribution in [2.24, 2.45) is 0 Å². The highest BCUT2D eigenvalue weighted by atomic mass is 19.1. The number of aromatic nitrogens is 5. The van der Waals surface area contributed by atoms with Crippen LogP contribution in [0.1, 0.15) is 25.0 Å². The van der Waals surface area contributed by atoms with Crippen molar-refractivity contribution in [3.63, 3.8) is 0 Å². The number of aromatic amines is 2. The number of halogens is 2. The zero-order valence-electron chi connectivity index (χ0n) is 20.8. The second-order valence-electron chi connectivity index (χ2n) is 8.73. The lowest BCUT2D eigenvalue weighted by atomic mass is 9.96. The van der Waals surface area contributed by atoms with Crippen molar-refractivity contribution in [3.8, 4) is 22.8 Å². The number of allylic oxidation sites excluding steroid dienone is 5. The summed E-state index contributed by atoms with van der Waals surface area (Å²) in [4.78, 5) is 12.5. The third-order valence-corrected chi connectivity index (χ3v) is 6.28. The molecule has 5 rings (SSSR count). The van der Waals surface area contributed by atoms with Crippen molar-refractivity contribution < 1.29 is 8.78 Å². The highest BCUT2D eigenvalue weighted by Gasteiger charge is 2.21. The summed E-state index contributed by atoms with van der Waals surface area (Å²) in [7, 11) is 1.80. The summed E-state index contributed by atoms with van der Waals surface area (Å²) in [6.45, 7) is 8.05. The average Bonchev–Trinajstić information content (AvgIpc) is 3.50. The normalized spacial score (nSPS) is 12.6. The van der Waals surface area contributed by atoms with E-state index in [0.29, 0.717) is 56.8 Å². The van der Waals surface area contributed by atoms with Crippen molar-refractivity contribution in [2.75, 3.05) is 7.05 Å². The van der Waals surface area contributed by atoms with Gasteiger partial charge in [0.05, 0.1) is 22.1 Å². The van der Waals surface area contributed by atoms with Gasteiger partial charge < -0.3 is 10.3 Å². The van der Waals surface area contributed by atoms with Gasteiger partial charge in [-0.25, -0.2) is 13.8 Å². The molecule has 0 saturated carbocycles. The Bertz CT molecular complexity index is 1710. The molecule has 0 aliphatic rings. The summed E-state index contributed by atoms with van der Waals surface area (Å²) in [6, 6.07) is 10.1. The van der Waals surface area contributed by atoms with E-state index in [2.05, 4.69) is 32.1 Å². The SMILES string of the molecule is C=C/C=C(C)\C(=C/C)c1ccc2[nH]nc(-c3nc4c(-c5cc(F)cc(CNC)c5)nccc4[nH]3)c2c1F. The van der Waals surface area contributed by atoms with Gasteiger partial charge >= 0.3 is 0 Å². The van der Waals surface area contributed by atoms with Gasteiger partial charge in [0.15, 0.2) is 5.82 Å². The largest absolute Gasteiger partial charge is 0.336 e. The van der Waals surface area contributed by atoms with Crippen molar-refractivity contribution in [1.82, 2.24) is 30.5 Å². The number of hydrogen-bond donors (Lipinski definition) is 3. The van der Waals surface area contributed by atoms with Crippen LogP contribution in [0, 0.1) is 11.6 Å². The van der Waals surface area contributed by atoms with Gasteiger partial charge in [0, 0.05) is 23.9 Å². The van der Waals surface area contributed by atoms with Gasteiger partial charge in [0.1, 0.15) is 22.8 Å². The Hall–Kier alpha value is -4.43. The maximum Gasteiger partial charge on any atom is 0.159 e. The van der Waals surface area contributed by atoms with Gasteiger partial charge in [-0.3, -0.25) is 10.1 Å². The Morgan fingerprint density at radius 1 is 1.11 bits per heavy atom. The maximum atomic E-state index is 16.0. The number of nitrogens with zero attached hydrogens (tertiary/aromatic N) is 3. The van der Waals surface area contributed by atoms with E-state index in [1.807, 2.05) is 32.1 Å². The summed E-state index contributed by atoms with van der Waals surface area (Å²) in [5.74, 6) is -0.364. The van der Waals surface area contributed by atoms with Crippen LogP contribution in [-0.4, -0.2) is 32.2 Å². The molecule has 0 aliphatic heterocycles. The van der Waals surface area contributed by atoms with Crippen LogP contribution < -0.4 is 5.32 Å². The van der Waals surface area contributed by atoms with Crippen LogP contribution in [0.5, 0.6) is 0 Å². The molecule has 2 aromatic carbocycles. The van der Waals surface area contributed by atoms with Gasteiger partial charge in [-0.1, -0.05) is 24.8 Å². The lowest BCUT2D eigenvalue weighted by Crippen LogP contribution is -2.05. The van der Waals surface area contributed by atoms with Gasteiger partial charge in [-0.05, 0) is 74.0 Å². The number of hydrogen-bond acceptors (Lipinski definition) is 4. The molecule has 0 unspecified atom stereocenters. The van der Waals surface area contributed by atoms with Crippen LogP contribution in [0.2, 0.25) is 0 Å². The lowest BCUT2D eigenvalue weighted by Gasteiger charge is -2.10. The Morgan fingerprint density at radius 3 is 2.70 bits per heavy atom. The molecular weight excluding hydrogens is 470 g/mol. The molecule has 3 heterocycles. The van der Waals surface area contributed by atoms with Crippen LogP contribution in [0.25, 0.3) is 50.3 Å². The van der Waals surface area contributed by atoms with Crippen molar-refractivity contribution in [3.05, 3.63) is 95.7 Å². The molecule has 6 nitrogen and oxygen atoms in total. The molecule has 0 atom stereocenters. The van der Waals surface area contributed by atoms with E-state index in [4.69, 9.17) is 4.98 Å².